The number of morpholine rings is 1. The molecule has 0 N–H and O–H groups in total. The fourth-order valence-corrected chi connectivity index (χ4v) is 4.78. The second kappa shape index (κ2) is 10.8. The first-order valence-corrected chi connectivity index (χ1v) is 13.1. The number of imidazole rings is 1. The zero-order valence-electron chi connectivity index (χ0n) is 22.6. The topological polar surface area (TPSA) is 116 Å². The zero-order chi connectivity index (χ0) is 27.6. The van der Waals surface area contributed by atoms with Crippen molar-refractivity contribution in [1.29, 1.82) is 0 Å². The van der Waals surface area contributed by atoms with Gasteiger partial charge in [0.05, 0.1) is 26.0 Å². The van der Waals surface area contributed by atoms with E-state index < -0.39 is 0 Å². The third-order valence-corrected chi connectivity index (χ3v) is 6.88. The van der Waals surface area contributed by atoms with Gasteiger partial charge in [-0.1, -0.05) is 30.3 Å². The number of benzene rings is 1. The second-order valence-corrected chi connectivity index (χ2v) is 9.21. The standard InChI is InChI=1S/C28H29N9O3/c1-4-36-24(20-10-12-29-13-11-20)30-23-25(35-14-16-40-17-15-35)31-28(32-26(23)36)37-22(19-8-6-5-7-9-19)18-21(33-37)27(38)34(2)39-3/h5-13,18H,4,14-17H2,1-3H3. The van der Waals surface area contributed by atoms with Crippen LogP contribution in [-0.4, -0.2) is 85.7 Å². The highest BCUT2D eigenvalue weighted by Gasteiger charge is 2.26. The van der Waals surface area contributed by atoms with E-state index in [1.165, 1.54) is 7.11 Å². The monoisotopic (exact) mass is 539 g/mol. The molecule has 0 spiro atoms. The predicted molar refractivity (Wildman–Crippen MR) is 149 cm³/mol. The number of anilines is 1. The molecule has 12 heteroatoms. The lowest BCUT2D eigenvalue weighted by Crippen LogP contribution is -2.37. The number of hydrogen-bond acceptors (Lipinski definition) is 9. The molecule has 1 amide bonds. The number of carbonyl (C=O) groups is 1. The first-order chi connectivity index (χ1) is 19.6. The summed E-state index contributed by atoms with van der Waals surface area (Å²) in [5.41, 5.74) is 4.07. The maximum Gasteiger partial charge on any atom is 0.297 e. The van der Waals surface area contributed by atoms with Crippen molar-refractivity contribution in [2.75, 3.05) is 45.4 Å². The Kier molecular flexibility index (Phi) is 6.93. The lowest BCUT2D eigenvalue weighted by atomic mass is 10.1. The average molecular weight is 540 g/mol. The van der Waals surface area contributed by atoms with Crippen LogP contribution in [0, 0.1) is 0 Å². The van der Waals surface area contributed by atoms with Crippen LogP contribution in [0.15, 0.2) is 60.9 Å². The van der Waals surface area contributed by atoms with Gasteiger partial charge in [0.2, 0.25) is 0 Å². The Labute approximate surface area is 230 Å². The molecule has 1 aliphatic heterocycles. The summed E-state index contributed by atoms with van der Waals surface area (Å²) in [4.78, 5) is 39.5. The lowest BCUT2D eigenvalue weighted by Gasteiger charge is -2.28. The second-order valence-electron chi connectivity index (χ2n) is 9.21. The van der Waals surface area contributed by atoms with Gasteiger partial charge in [-0.2, -0.15) is 19.7 Å². The molecule has 204 valence electrons. The fourth-order valence-electron chi connectivity index (χ4n) is 4.78. The number of aryl methyl sites for hydroxylation is 1. The van der Waals surface area contributed by atoms with Crippen LogP contribution in [0.4, 0.5) is 5.82 Å². The molecular weight excluding hydrogens is 510 g/mol. The molecule has 1 aliphatic rings. The van der Waals surface area contributed by atoms with E-state index in [1.54, 1.807) is 30.2 Å². The molecule has 0 atom stereocenters. The Bertz CT molecular complexity index is 1640. The molecule has 1 fully saturated rings. The van der Waals surface area contributed by atoms with E-state index in [0.29, 0.717) is 61.5 Å². The van der Waals surface area contributed by atoms with E-state index in [1.807, 2.05) is 42.5 Å². The number of nitrogens with zero attached hydrogens (tertiary/aromatic N) is 9. The number of carbonyl (C=O) groups excluding carboxylic acids is 1. The first kappa shape index (κ1) is 25.6. The van der Waals surface area contributed by atoms with Gasteiger partial charge < -0.3 is 14.2 Å². The summed E-state index contributed by atoms with van der Waals surface area (Å²) in [6.45, 7) is 5.21. The van der Waals surface area contributed by atoms with Crippen LogP contribution in [0.5, 0.6) is 0 Å². The lowest BCUT2D eigenvalue weighted by molar-refractivity contribution is -0.0760. The Morgan fingerprint density at radius 1 is 1.02 bits per heavy atom. The highest BCUT2D eigenvalue weighted by atomic mass is 16.7. The summed E-state index contributed by atoms with van der Waals surface area (Å²) < 4.78 is 9.30. The van der Waals surface area contributed by atoms with Crippen molar-refractivity contribution in [3.8, 4) is 28.6 Å². The largest absolute Gasteiger partial charge is 0.378 e. The molecule has 0 aliphatic carbocycles. The third kappa shape index (κ3) is 4.56. The molecule has 0 radical (unpaired) electrons. The summed E-state index contributed by atoms with van der Waals surface area (Å²) in [5, 5.41) is 5.82. The number of hydroxylamine groups is 2. The van der Waals surface area contributed by atoms with Gasteiger partial charge in [0.15, 0.2) is 22.7 Å². The zero-order valence-corrected chi connectivity index (χ0v) is 22.6. The van der Waals surface area contributed by atoms with Crippen LogP contribution in [0.25, 0.3) is 39.8 Å². The van der Waals surface area contributed by atoms with Crippen LogP contribution in [-0.2, 0) is 16.1 Å². The van der Waals surface area contributed by atoms with Crippen LogP contribution < -0.4 is 4.90 Å². The normalized spacial score (nSPS) is 13.6. The van der Waals surface area contributed by atoms with Crippen molar-refractivity contribution in [2.45, 2.75) is 13.5 Å². The van der Waals surface area contributed by atoms with Crippen molar-refractivity contribution in [3.05, 3.63) is 66.6 Å². The minimum atomic E-state index is -0.383. The van der Waals surface area contributed by atoms with Crippen molar-refractivity contribution in [2.24, 2.45) is 0 Å². The Morgan fingerprint density at radius 3 is 2.48 bits per heavy atom. The number of pyridine rings is 1. The highest BCUT2D eigenvalue weighted by Crippen LogP contribution is 2.32. The van der Waals surface area contributed by atoms with Gasteiger partial charge >= 0.3 is 0 Å². The van der Waals surface area contributed by atoms with E-state index in [4.69, 9.17) is 24.5 Å². The number of ether oxygens (including phenoxy) is 1. The minimum Gasteiger partial charge on any atom is -0.378 e. The molecule has 1 saturated heterocycles. The molecule has 1 aromatic carbocycles. The van der Waals surface area contributed by atoms with E-state index >= 15 is 0 Å². The van der Waals surface area contributed by atoms with Gasteiger partial charge in [-0.25, -0.2) is 10.0 Å². The molecular formula is C28H29N9O3. The van der Waals surface area contributed by atoms with Crippen molar-refractivity contribution in [1.82, 2.24) is 39.3 Å². The minimum absolute atomic E-state index is 0.210. The molecule has 4 aromatic heterocycles. The Morgan fingerprint density at radius 2 is 1.77 bits per heavy atom. The van der Waals surface area contributed by atoms with E-state index in [0.717, 1.165) is 22.0 Å². The van der Waals surface area contributed by atoms with Gasteiger partial charge in [0.25, 0.3) is 11.9 Å². The maximum atomic E-state index is 13.0. The van der Waals surface area contributed by atoms with Gasteiger partial charge in [0, 0.05) is 50.2 Å². The summed E-state index contributed by atoms with van der Waals surface area (Å²) in [7, 11) is 2.98. The van der Waals surface area contributed by atoms with Crippen molar-refractivity contribution >= 4 is 22.9 Å². The maximum absolute atomic E-state index is 13.0. The van der Waals surface area contributed by atoms with Gasteiger partial charge in [-0.05, 0) is 25.1 Å². The SMILES string of the molecule is CCn1c(-c2ccncc2)nc2c(N3CCOCC3)nc(-n3nc(C(=O)N(C)OC)cc3-c3ccccc3)nc21. The quantitative estimate of drug-likeness (QED) is 0.287. The van der Waals surface area contributed by atoms with Crippen LogP contribution >= 0.6 is 0 Å². The van der Waals surface area contributed by atoms with Crippen LogP contribution in [0.2, 0.25) is 0 Å². The highest BCUT2D eigenvalue weighted by molar-refractivity contribution is 5.93. The number of hydrogen-bond donors (Lipinski definition) is 0. The summed E-state index contributed by atoms with van der Waals surface area (Å²) in [5.74, 6) is 1.43. The van der Waals surface area contributed by atoms with Crippen molar-refractivity contribution in [3.63, 3.8) is 0 Å². The van der Waals surface area contributed by atoms with Gasteiger partial charge in [0.1, 0.15) is 5.82 Å². The number of aromatic nitrogens is 7. The van der Waals surface area contributed by atoms with Gasteiger partial charge in [-0.15, -0.1) is 0 Å². The molecule has 5 aromatic rings. The number of amides is 1. The van der Waals surface area contributed by atoms with Gasteiger partial charge in [-0.3, -0.25) is 14.6 Å². The predicted octanol–water partition coefficient (Wildman–Crippen LogP) is 3.23. The van der Waals surface area contributed by atoms with E-state index in [9.17, 15) is 4.79 Å². The van der Waals surface area contributed by atoms with E-state index in [-0.39, 0.29) is 11.6 Å². The average Bonchev–Trinajstić information content (AvgIpc) is 3.63. The van der Waals surface area contributed by atoms with Crippen LogP contribution in [0.1, 0.15) is 17.4 Å². The first-order valence-electron chi connectivity index (χ1n) is 13.1. The third-order valence-electron chi connectivity index (χ3n) is 6.88. The summed E-state index contributed by atoms with van der Waals surface area (Å²) in [6.07, 6.45) is 3.50. The molecule has 12 nitrogen and oxygen atoms in total. The molecule has 6 rings (SSSR count). The number of fused-ring (bicyclic) bond motifs is 1. The van der Waals surface area contributed by atoms with Crippen LogP contribution in [0.3, 0.4) is 0 Å². The molecule has 40 heavy (non-hydrogen) atoms. The van der Waals surface area contributed by atoms with Crippen molar-refractivity contribution < 1.29 is 14.4 Å². The molecule has 0 saturated carbocycles. The smallest absolute Gasteiger partial charge is 0.297 e. The molecule has 5 heterocycles. The molecule has 0 bridgehead atoms. The Balaban J connectivity index is 1.61. The summed E-state index contributed by atoms with van der Waals surface area (Å²) in [6, 6.07) is 15.3. The Hall–Kier alpha value is -4.68. The fraction of sp³-hybridized carbons (Fsp3) is 0.286. The summed E-state index contributed by atoms with van der Waals surface area (Å²) >= 11 is 0. The molecule has 0 unspecified atom stereocenters. The van der Waals surface area contributed by atoms with E-state index in [2.05, 4.69) is 26.5 Å². The number of rotatable bonds is 7.